The number of carbonyl (C=O) groups is 2. The lowest BCUT2D eigenvalue weighted by Gasteiger charge is -2.16. The van der Waals surface area contributed by atoms with Crippen LogP contribution in [-0.4, -0.2) is 22.5 Å². The van der Waals surface area contributed by atoms with Crippen LogP contribution in [0.4, 0.5) is 0 Å². The predicted molar refractivity (Wildman–Crippen MR) is 75.1 cm³/mol. The fraction of sp³-hybridized carbons (Fsp3) is 0.500. The standard InChI is InChI=1S/C16H20O4/c1-9(10(2)15(18)19)14(17)11-5-6-13-12(7-11)8-16(3,4)20-13/h5-7,9-10H,8H2,1-4H3,(H,18,19). The van der Waals surface area contributed by atoms with Crippen molar-refractivity contribution in [1.82, 2.24) is 0 Å². The fourth-order valence-electron chi connectivity index (χ4n) is 2.47. The third kappa shape index (κ3) is 2.69. The zero-order valence-corrected chi connectivity index (χ0v) is 12.3. The van der Waals surface area contributed by atoms with Crippen LogP contribution >= 0.6 is 0 Å². The summed E-state index contributed by atoms with van der Waals surface area (Å²) < 4.78 is 5.77. The Morgan fingerprint density at radius 2 is 1.90 bits per heavy atom. The second-order valence-corrected chi connectivity index (χ2v) is 6.14. The van der Waals surface area contributed by atoms with Crippen molar-refractivity contribution in [2.45, 2.75) is 39.7 Å². The molecule has 0 saturated carbocycles. The second kappa shape index (κ2) is 4.93. The van der Waals surface area contributed by atoms with Gasteiger partial charge in [-0.3, -0.25) is 9.59 Å². The Morgan fingerprint density at radius 1 is 1.25 bits per heavy atom. The van der Waals surface area contributed by atoms with Gasteiger partial charge in [0.05, 0.1) is 5.92 Å². The molecule has 2 unspecified atom stereocenters. The number of ether oxygens (including phenoxy) is 1. The van der Waals surface area contributed by atoms with Crippen LogP contribution in [0, 0.1) is 11.8 Å². The van der Waals surface area contributed by atoms with E-state index in [1.807, 2.05) is 19.9 Å². The molecule has 20 heavy (non-hydrogen) atoms. The summed E-state index contributed by atoms with van der Waals surface area (Å²) in [6.07, 6.45) is 0.756. The molecule has 4 heteroatoms. The first-order valence-corrected chi connectivity index (χ1v) is 6.80. The van der Waals surface area contributed by atoms with Crippen molar-refractivity contribution in [2.75, 3.05) is 0 Å². The maximum atomic E-state index is 12.3. The number of carbonyl (C=O) groups excluding carboxylic acids is 1. The van der Waals surface area contributed by atoms with Crippen molar-refractivity contribution in [3.05, 3.63) is 29.3 Å². The smallest absolute Gasteiger partial charge is 0.306 e. The van der Waals surface area contributed by atoms with Crippen molar-refractivity contribution >= 4 is 11.8 Å². The van der Waals surface area contributed by atoms with Crippen LogP contribution in [0.15, 0.2) is 18.2 Å². The second-order valence-electron chi connectivity index (χ2n) is 6.14. The highest BCUT2D eigenvalue weighted by Crippen LogP contribution is 2.35. The van der Waals surface area contributed by atoms with Gasteiger partial charge in [0.2, 0.25) is 0 Å². The van der Waals surface area contributed by atoms with Gasteiger partial charge in [-0.05, 0) is 37.6 Å². The Hall–Kier alpha value is -1.84. The van der Waals surface area contributed by atoms with Crippen LogP contribution in [0.2, 0.25) is 0 Å². The molecule has 0 fully saturated rings. The molecule has 108 valence electrons. The first-order chi connectivity index (χ1) is 9.21. The number of carboxylic acids is 1. The molecule has 2 rings (SSSR count). The molecule has 1 aromatic carbocycles. The van der Waals surface area contributed by atoms with Crippen LogP contribution in [0.3, 0.4) is 0 Å². The molecule has 0 amide bonds. The van der Waals surface area contributed by atoms with Gasteiger partial charge in [-0.15, -0.1) is 0 Å². The number of rotatable bonds is 4. The van der Waals surface area contributed by atoms with Crippen LogP contribution in [-0.2, 0) is 11.2 Å². The molecular formula is C16H20O4. The summed E-state index contributed by atoms with van der Waals surface area (Å²) in [5.41, 5.74) is 1.32. The van der Waals surface area contributed by atoms with Crippen LogP contribution in [0.5, 0.6) is 5.75 Å². The SMILES string of the molecule is CC(C(=O)O)C(C)C(=O)c1ccc2c(c1)CC(C)(C)O2. The highest BCUT2D eigenvalue weighted by molar-refractivity contribution is 5.99. The molecule has 1 aliphatic heterocycles. The topological polar surface area (TPSA) is 63.6 Å². The first kappa shape index (κ1) is 14.6. The highest BCUT2D eigenvalue weighted by atomic mass is 16.5. The van der Waals surface area contributed by atoms with E-state index in [0.29, 0.717) is 5.56 Å². The summed E-state index contributed by atoms with van der Waals surface area (Å²) in [7, 11) is 0. The minimum atomic E-state index is -0.948. The minimum Gasteiger partial charge on any atom is -0.487 e. The Labute approximate surface area is 118 Å². The Kier molecular flexibility index (Phi) is 3.59. The normalized spacial score (nSPS) is 18.8. The van der Waals surface area contributed by atoms with Crippen LogP contribution in [0.25, 0.3) is 0 Å². The van der Waals surface area contributed by atoms with E-state index >= 15 is 0 Å². The van der Waals surface area contributed by atoms with E-state index in [2.05, 4.69) is 0 Å². The average molecular weight is 276 g/mol. The van der Waals surface area contributed by atoms with Gasteiger partial charge in [0.1, 0.15) is 11.4 Å². The summed E-state index contributed by atoms with van der Waals surface area (Å²) in [5, 5.41) is 9.00. The van der Waals surface area contributed by atoms with E-state index in [-0.39, 0.29) is 11.4 Å². The zero-order valence-electron chi connectivity index (χ0n) is 12.3. The number of hydrogen-bond donors (Lipinski definition) is 1. The first-order valence-electron chi connectivity index (χ1n) is 6.80. The molecule has 1 N–H and O–H groups in total. The van der Waals surface area contributed by atoms with Gasteiger partial charge >= 0.3 is 5.97 Å². The average Bonchev–Trinajstić information content (AvgIpc) is 2.68. The van der Waals surface area contributed by atoms with Crippen molar-refractivity contribution < 1.29 is 19.4 Å². The number of fused-ring (bicyclic) bond motifs is 1. The largest absolute Gasteiger partial charge is 0.487 e. The molecule has 0 aliphatic carbocycles. The number of Topliss-reactive ketones (excluding diaryl/α,β-unsaturated/α-hetero) is 1. The summed E-state index contributed by atoms with van der Waals surface area (Å²) in [5.74, 6) is -1.50. The summed E-state index contributed by atoms with van der Waals surface area (Å²) in [6, 6.07) is 5.35. The minimum absolute atomic E-state index is 0.132. The number of benzene rings is 1. The maximum Gasteiger partial charge on any atom is 0.306 e. The molecule has 4 nitrogen and oxygen atoms in total. The van der Waals surface area contributed by atoms with E-state index < -0.39 is 17.8 Å². The van der Waals surface area contributed by atoms with E-state index in [4.69, 9.17) is 9.84 Å². The van der Waals surface area contributed by atoms with Gasteiger partial charge in [0, 0.05) is 17.9 Å². The molecule has 1 aromatic rings. The molecule has 1 heterocycles. The van der Waals surface area contributed by atoms with Gasteiger partial charge in [0.15, 0.2) is 5.78 Å². The van der Waals surface area contributed by atoms with E-state index in [0.717, 1.165) is 17.7 Å². The monoisotopic (exact) mass is 276 g/mol. The van der Waals surface area contributed by atoms with Gasteiger partial charge in [-0.1, -0.05) is 13.8 Å². The predicted octanol–water partition coefficient (Wildman–Crippen LogP) is 2.94. The number of ketones is 1. The third-order valence-corrected chi connectivity index (χ3v) is 3.90. The number of aliphatic carboxylic acids is 1. The van der Waals surface area contributed by atoms with Crippen LogP contribution in [0.1, 0.15) is 43.6 Å². The maximum absolute atomic E-state index is 12.3. The molecule has 2 atom stereocenters. The quantitative estimate of drug-likeness (QED) is 0.859. The summed E-state index contributed by atoms with van der Waals surface area (Å²) >= 11 is 0. The molecule has 0 bridgehead atoms. The van der Waals surface area contributed by atoms with Gasteiger partial charge in [-0.25, -0.2) is 0 Å². The van der Waals surface area contributed by atoms with Crippen LogP contribution < -0.4 is 4.74 Å². The molecule has 0 radical (unpaired) electrons. The van der Waals surface area contributed by atoms with Crippen molar-refractivity contribution in [1.29, 1.82) is 0 Å². The summed E-state index contributed by atoms with van der Waals surface area (Å²) in [6.45, 7) is 7.23. The molecule has 0 spiro atoms. The van der Waals surface area contributed by atoms with E-state index in [1.165, 1.54) is 0 Å². The van der Waals surface area contributed by atoms with Crippen molar-refractivity contribution in [3.8, 4) is 5.75 Å². The molecule has 1 aliphatic rings. The fourth-order valence-corrected chi connectivity index (χ4v) is 2.47. The lowest BCUT2D eigenvalue weighted by Crippen LogP contribution is -2.25. The lowest BCUT2D eigenvalue weighted by molar-refractivity contribution is -0.142. The molecular weight excluding hydrogens is 256 g/mol. The van der Waals surface area contributed by atoms with Gasteiger partial charge in [0.25, 0.3) is 0 Å². The lowest BCUT2D eigenvalue weighted by atomic mass is 9.87. The van der Waals surface area contributed by atoms with E-state index in [1.54, 1.807) is 26.0 Å². The summed E-state index contributed by atoms with van der Waals surface area (Å²) in [4.78, 5) is 23.3. The Bertz CT molecular complexity index is 560. The number of carboxylic acid groups (broad SMARTS) is 1. The van der Waals surface area contributed by atoms with Crippen molar-refractivity contribution in [2.24, 2.45) is 11.8 Å². The Balaban J connectivity index is 2.24. The molecule has 0 aromatic heterocycles. The van der Waals surface area contributed by atoms with Gasteiger partial charge < -0.3 is 9.84 Å². The van der Waals surface area contributed by atoms with Crippen molar-refractivity contribution in [3.63, 3.8) is 0 Å². The Morgan fingerprint density at radius 3 is 2.50 bits per heavy atom. The zero-order chi connectivity index (χ0) is 15.1. The molecule has 0 saturated heterocycles. The highest BCUT2D eigenvalue weighted by Gasteiger charge is 2.32. The van der Waals surface area contributed by atoms with Gasteiger partial charge in [-0.2, -0.15) is 0 Å². The van der Waals surface area contributed by atoms with E-state index in [9.17, 15) is 9.59 Å². The number of hydrogen-bond acceptors (Lipinski definition) is 3. The third-order valence-electron chi connectivity index (χ3n) is 3.90.